The molecule has 0 unspecified atom stereocenters. The van der Waals surface area contributed by atoms with Gasteiger partial charge >= 0.3 is 0 Å². The summed E-state index contributed by atoms with van der Waals surface area (Å²) in [6.07, 6.45) is 3.76. The molecular formula is C21H18N4O5S. The second kappa shape index (κ2) is 7.73. The van der Waals surface area contributed by atoms with Crippen LogP contribution in [0.2, 0.25) is 0 Å². The quantitative estimate of drug-likeness (QED) is 0.359. The molecule has 0 fully saturated rings. The molecule has 0 bridgehead atoms. The predicted octanol–water partition coefficient (Wildman–Crippen LogP) is 4.03. The number of non-ortho nitro benzene ring substituents is 1. The lowest BCUT2D eigenvalue weighted by Gasteiger charge is -2.13. The molecule has 0 aliphatic heterocycles. The van der Waals surface area contributed by atoms with Crippen LogP contribution in [0, 0.1) is 17.0 Å². The van der Waals surface area contributed by atoms with Crippen molar-refractivity contribution < 1.29 is 18.1 Å². The van der Waals surface area contributed by atoms with Gasteiger partial charge in [-0.2, -0.15) is 0 Å². The number of rotatable bonds is 6. The highest BCUT2D eigenvalue weighted by Crippen LogP contribution is 2.32. The van der Waals surface area contributed by atoms with Crippen molar-refractivity contribution >= 4 is 27.0 Å². The number of sulfonamides is 1. The van der Waals surface area contributed by atoms with Crippen LogP contribution in [0.3, 0.4) is 0 Å². The van der Waals surface area contributed by atoms with E-state index >= 15 is 0 Å². The van der Waals surface area contributed by atoms with Crippen LogP contribution < -0.4 is 9.46 Å². The summed E-state index contributed by atoms with van der Waals surface area (Å²) in [5, 5.41) is 10.8. The Balaban J connectivity index is 1.70. The number of hydrogen-bond acceptors (Lipinski definition) is 6. The highest BCUT2D eigenvalue weighted by Gasteiger charge is 2.19. The van der Waals surface area contributed by atoms with Crippen molar-refractivity contribution in [3.05, 3.63) is 82.7 Å². The molecule has 4 aromatic rings. The van der Waals surface area contributed by atoms with Crippen LogP contribution in [0.5, 0.6) is 5.75 Å². The third-order valence-electron chi connectivity index (χ3n) is 4.71. The van der Waals surface area contributed by atoms with E-state index in [1.807, 2.05) is 35.9 Å². The first-order chi connectivity index (χ1) is 14.8. The average Bonchev–Trinajstić information content (AvgIpc) is 3.16. The number of benzene rings is 2. The molecule has 0 spiro atoms. The van der Waals surface area contributed by atoms with E-state index in [1.165, 1.54) is 19.2 Å². The molecule has 10 heteroatoms. The number of aromatic nitrogens is 2. The van der Waals surface area contributed by atoms with Crippen molar-refractivity contribution in [2.45, 2.75) is 11.8 Å². The average molecular weight is 438 g/mol. The molecule has 0 amide bonds. The van der Waals surface area contributed by atoms with Gasteiger partial charge in [-0.05, 0) is 55.0 Å². The molecule has 0 saturated heterocycles. The van der Waals surface area contributed by atoms with Crippen LogP contribution in [0.25, 0.3) is 16.9 Å². The van der Waals surface area contributed by atoms with Crippen molar-refractivity contribution in [2.24, 2.45) is 0 Å². The van der Waals surface area contributed by atoms with E-state index in [4.69, 9.17) is 4.74 Å². The zero-order valence-corrected chi connectivity index (χ0v) is 17.5. The van der Waals surface area contributed by atoms with Crippen molar-refractivity contribution in [1.29, 1.82) is 0 Å². The Hall–Kier alpha value is -3.92. The minimum Gasteiger partial charge on any atom is -0.495 e. The number of imidazole rings is 1. The topological polar surface area (TPSA) is 116 Å². The minimum absolute atomic E-state index is 0.103. The summed E-state index contributed by atoms with van der Waals surface area (Å²) in [6, 6.07) is 13.6. The fourth-order valence-electron chi connectivity index (χ4n) is 3.12. The van der Waals surface area contributed by atoms with E-state index in [9.17, 15) is 18.5 Å². The number of pyridine rings is 1. The fraction of sp³-hybridized carbons (Fsp3) is 0.0952. The van der Waals surface area contributed by atoms with Gasteiger partial charge in [0.25, 0.3) is 15.7 Å². The van der Waals surface area contributed by atoms with E-state index in [2.05, 4.69) is 9.71 Å². The van der Waals surface area contributed by atoms with Gasteiger partial charge in [0.05, 0.1) is 28.3 Å². The van der Waals surface area contributed by atoms with Gasteiger partial charge in [0.1, 0.15) is 11.4 Å². The zero-order valence-electron chi connectivity index (χ0n) is 16.6. The number of fused-ring (bicyclic) bond motifs is 1. The fourth-order valence-corrected chi connectivity index (χ4v) is 4.18. The Kier molecular flexibility index (Phi) is 5.07. The summed E-state index contributed by atoms with van der Waals surface area (Å²) in [4.78, 5) is 14.7. The lowest BCUT2D eigenvalue weighted by Crippen LogP contribution is -2.13. The summed E-state index contributed by atoms with van der Waals surface area (Å²) >= 11 is 0. The number of nitrogens with zero attached hydrogens (tertiary/aromatic N) is 3. The normalized spacial score (nSPS) is 11.4. The van der Waals surface area contributed by atoms with Gasteiger partial charge < -0.3 is 9.14 Å². The first kappa shape index (κ1) is 20.4. The minimum atomic E-state index is -4.00. The maximum absolute atomic E-state index is 12.8. The van der Waals surface area contributed by atoms with Gasteiger partial charge in [-0.25, -0.2) is 13.4 Å². The van der Waals surface area contributed by atoms with Gasteiger partial charge in [-0.3, -0.25) is 14.8 Å². The van der Waals surface area contributed by atoms with Gasteiger partial charge in [0, 0.05) is 30.1 Å². The van der Waals surface area contributed by atoms with E-state index in [0.717, 1.165) is 23.3 Å². The molecule has 4 rings (SSSR count). The maximum Gasteiger partial charge on any atom is 0.269 e. The number of methoxy groups -OCH3 is 1. The monoisotopic (exact) mass is 438 g/mol. The van der Waals surface area contributed by atoms with Crippen LogP contribution in [-0.4, -0.2) is 29.8 Å². The number of hydrogen-bond donors (Lipinski definition) is 1. The highest BCUT2D eigenvalue weighted by molar-refractivity contribution is 7.92. The third kappa shape index (κ3) is 4.05. The second-order valence-corrected chi connectivity index (χ2v) is 8.55. The molecule has 0 aliphatic carbocycles. The highest BCUT2D eigenvalue weighted by atomic mass is 32.2. The van der Waals surface area contributed by atoms with Crippen molar-refractivity contribution in [3.63, 3.8) is 0 Å². The molecule has 31 heavy (non-hydrogen) atoms. The zero-order chi connectivity index (χ0) is 22.2. The maximum atomic E-state index is 12.8. The number of ether oxygens (including phenoxy) is 1. The Bertz CT molecular complexity index is 1400. The summed E-state index contributed by atoms with van der Waals surface area (Å²) in [6.45, 7) is 1.98. The molecule has 2 aromatic carbocycles. The number of nitro groups is 1. The Morgan fingerprint density at radius 3 is 2.52 bits per heavy atom. The largest absolute Gasteiger partial charge is 0.495 e. The number of nitro benzene ring substituents is 1. The van der Waals surface area contributed by atoms with Crippen LogP contribution in [0.4, 0.5) is 11.4 Å². The molecule has 2 heterocycles. The van der Waals surface area contributed by atoms with Gasteiger partial charge in [0.2, 0.25) is 0 Å². The molecule has 158 valence electrons. The molecule has 1 N–H and O–H groups in total. The van der Waals surface area contributed by atoms with E-state index in [1.54, 1.807) is 18.2 Å². The first-order valence-electron chi connectivity index (χ1n) is 9.18. The molecule has 0 atom stereocenters. The molecule has 0 aliphatic rings. The Morgan fingerprint density at radius 2 is 1.84 bits per heavy atom. The molecule has 0 radical (unpaired) electrons. The van der Waals surface area contributed by atoms with Crippen LogP contribution in [0.1, 0.15) is 5.56 Å². The van der Waals surface area contributed by atoms with Crippen molar-refractivity contribution in [2.75, 3.05) is 11.8 Å². The Morgan fingerprint density at radius 1 is 1.10 bits per heavy atom. The lowest BCUT2D eigenvalue weighted by molar-refractivity contribution is -0.384. The number of aryl methyl sites for hydroxylation is 1. The van der Waals surface area contributed by atoms with Gasteiger partial charge in [0.15, 0.2) is 0 Å². The standard InChI is InChI=1S/C21H18N4O5S/c1-14-9-10-24-13-19(22-21(24)11-14)15-3-8-20(30-2)18(12-15)23-31(28,29)17-6-4-16(5-7-17)25(26)27/h3-13,23H,1-2H3. The number of nitrogens with one attached hydrogen (secondary N) is 1. The summed E-state index contributed by atoms with van der Waals surface area (Å²) in [5.41, 5.74) is 3.26. The molecule has 9 nitrogen and oxygen atoms in total. The SMILES string of the molecule is COc1ccc(-c2cn3ccc(C)cc3n2)cc1NS(=O)(=O)c1ccc([N+](=O)[O-])cc1. The lowest BCUT2D eigenvalue weighted by atomic mass is 10.1. The van der Waals surface area contributed by atoms with Crippen LogP contribution in [-0.2, 0) is 10.0 Å². The smallest absolute Gasteiger partial charge is 0.269 e. The van der Waals surface area contributed by atoms with E-state index < -0.39 is 14.9 Å². The molecular weight excluding hydrogens is 420 g/mol. The van der Waals surface area contributed by atoms with E-state index in [-0.39, 0.29) is 16.3 Å². The second-order valence-electron chi connectivity index (χ2n) is 6.87. The van der Waals surface area contributed by atoms with Crippen LogP contribution >= 0.6 is 0 Å². The summed E-state index contributed by atoms with van der Waals surface area (Å²) < 4.78 is 35.3. The van der Waals surface area contributed by atoms with Gasteiger partial charge in [-0.1, -0.05) is 0 Å². The molecule has 0 saturated carbocycles. The first-order valence-corrected chi connectivity index (χ1v) is 10.7. The third-order valence-corrected chi connectivity index (χ3v) is 6.09. The van der Waals surface area contributed by atoms with Crippen molar-refractivity contribution in [3.8, 4) is 17.0 Å². The van der Waals surface area contributed by atoms with E-state index in [0.29, 0.717) is 17.0 Å². The number of anilines is 1. The van der Waals surface area contributed by atoms with Crippen molar-refractivity contribution in [1.82, 2.24) is 9.38 Å². The summed E-state index contributed by atoms with van der Waals surface area (Å²) in [7, 11) is -2.56. The van der Waals surface area contributed by atoms with Gasteiger partial charge in [-0.15, -0.1) is 0 Å². The Labute approximate surface area is 178 Å². The predicted molar refractivity (Wildman–Crippen MR) is 116 cm³/mol. The summed E-state index contributed by atoms with van der Waals surface area (Å²) in [5.74, 6) is 0.328. The molecule has 2 aromatic heterocycles. The van der Waals surface area contributed by atoms with Crippen LogP contribution in [0.15, 0.2) is 71.9 Å².